The van der Waals surface area contributed by atoms with E-state index in [4.69, 9.17) is 10.5 Å². The molecule has 13 heteroatoms. The van der Waals surface area contributed by atoms with E-state index in [-0.39, 0.29) is 29.3 Å². The van der Waals surface area contributed by atoms with Crippen LogP contribution in [-0.2, 0) is 17.5 Å². The van der Waals surface area contributed by atoms with Crippen molar-refractivity contribution in [2.45, 2.75) is 19.1 Å². The maximum atomic E-state index is 13.1. The number of nitrogens with one attached hydrogen (secondary N) is 2. The Labute approximate surface area is 164 Å². The number of nitrogens with two attached hydrogens (primary N) is 1. The third kappa shape index (κ3) is 2.86. The lowest BCUT2D eigenvalue weighted by atomic mass is 10.2. The molecule has 0 bridgehead atoms. The first-order valence-electron chi connectivity index (χ1n) is 8.67. The molecule has 1 unspecified atom stereocenters. The number of rotatable bonds is 3. The first-order chi connectivity index (χ1) is 14.3. The summed E-state index contributed by atoms with van der Waals surface area (Å²) in [7, 11) is 0. The van der Waals surface area contributed by atoms with Gasteiger partial charge in [0.05, 0.1) is 35.2 Å². The quantitative estimate of drug-likeness (QED) is 0.455. The fourth-order valence-corrected chi connectivity index (χ4v) is 3.33. The number of hydrogen-bond donors (Lipinski definition) is 3. The van der Waals surface area contributed by atoms with E-state index in [0.29, 0.717) is 11.2 Å². The minimum atomic E-state index is -4.55. The Kier molecular flexibility index (Phi) is 3.83. The molecule has 30 heavy (non-hydrogen) atoms. The summed E-state index contributed by atoms with van der Waals surface area (Å²) in [6.07, 6.45) is -0.600. The molecular weight excluding hydrogens is 405 g/mol. The van der Waals surface area contributed by atoms with E-state index in [0.717, 1.165) is 12.1 Å². The van der Waals surface area contributed by atoms with E-state index in [9.17, 15) is 18.0 Å². The summed E-state index contributed by atoms with van der Waals surface area (Å²) in [5.41, 5.74) is 7.70. The average molecular weight is 418 g/mol. The van der Waals surface area contributed by atoms with Crippen LogP contribution in [0.4, 0.5) is 13.2 Å². The van der Waals surface area contributed by atoms with Gasteiger partial charge < -0.3 is 14.3 Å². The van der Waals surface area contributed by atoms with Gasteiger partial charge in [0.1, 0.15) is 0 Å². The van der Waals surface area contributed by atoms with Crippen LogP contribution in [0.3, 0.4) is 0 Å². The van der Waals surface area contributed by atoms with E-state index < -0.39 is 23.7 Å². The molecule has 1 aromatic carbocycles. The predicted molar refractivity (Wildman–Crippen MR) is 98.4 cm³/mol. The molecule has 0 radical (unpaired) electrons. The van der Waals surface area contributed by atoms with E-state index in [1.807, 2.05) is 0 Å². The van der Waals surface area contributed by atoms with Crippen LogP contribution in [0.1, 0.15) is 17.0 Å². The van der Waals surface area contributed by atoms with Gasteiger partial charge in [-0.1, -0.05) is 0 Å². The third-order valence-corrected chi connectivity index (χ3v) is 4.61. The number of benzene rings is 1. The van der Waals surface area contributed by atoms with Crippen molar-refractivity contribution >= 4 is 22.6 Å². The normalized spacial score (nSPS) is 16.7. The molecule has 5 rings (SSSR count). The maximum absolute atomic E-state index is 13.1. The first kappa shape index (κ1) is 18.2. The third-order valence-electron chi connectivity index (χ3n) is 4.61. The van der Waals surface area contributed by atoms with E-state index >= 15 is 0 Å². The van der Waals surface area contributed by atoms with Gasteiger partial charge in [-0.05, 0) is 18.2 Å². The number of nitrogens with zero attached hydrogens (tertiary/aromatic N) is 5. The van der Waals surface area contributed by atoms with E-state index in [1.54, 1.807) is 23.3 Å². The number of fused-ring (bicyclic) bond motifs is 3. The standard InChI is InChI=1S/C17H13F3N8O2/c18-17(19,20)8-1-2-10-9(5-8)23-14(29)13-24-12(15-25-26-16(21)30-15)11(28(10)13)6-27-4-3-22-7-27/h1-5,7,16,26H,6,21H2,(H,23,29). The monoisotopic (exact) mass is 418 g/mol. The number of imidazole rings is 2. The van der Waals surface area contributed by atoms with E-state index in [2.05, 4.69) is 25.5 Å². The zero-order valence-corrected chi connectivity index (χ0v) is 15.0. The summed E-state index contributed by atoms with van der Waals surface area (Å²) < 4.78 is 48.0. The molecule has 154 valence electrons. The zero-order valence-electron chi connectivity index (χ0n) is 15.0. The van der Waals surface area contributed by atoms with Crippen LogP contribution in [-0.4, -0.2) is 36.2 Å². The number of ether oxygens (including phenoxy) is 1. The summed E-state index contributed by atoms with van der Waals surface area (Å²) in [6.45, 7) is 0.202. The Morgan fingerprint density at radius 1 is 1.30 bits per heavy atom. The van der Waals surface area contributed by atoms with Crippen LogP contribution in [0.25, 0.3) is 16.7 Å². The molecule has 4 aromatic rings. The van der Waals surface area contributed by atoms with Gasteiger partial charge in [-0.3, -0.25) is 20.4 Å². The highest BCUT2D eigenvalue weighted by Crippen LogP contribution is 2.31. The molecule has 0 aliphatic carbocycles. The molecule has 0 saturated heterocycles. The fourth-order valence-electron chi connectivity index (χ4n) is 3.33. The molecule has 4 heterocycles. The molecule has 1 atom stereocenters. The highest BCUT2D eigenvalue weighted by atomic mass is 19.4. The van der Waals surface area contributed by atoms with Crippen molar-refractivity contribution in [3.8, 4) is 0 Å². The highest BCUT2D eigenvalue weighted by molar-refractivity contribution is 5.95. The number of hydrazone groups is 1. The number of halogens is 3. The SMILES string of the molecule is NC1NN=C(c2nc3c(=O)[nH]c4cc(C(F)(F)F)ccc4n3c2Cn2ccnc2)O1. The highest BCUT2D eigenvalue weighted by Gasteiger charge is 2.31. The lowest BCUT2D eigenvalue weighted by Gasteiger charge is -2.11. The molecule has 0 fully saturated rings. The number of aromatic amines is 1. The van der Waals surface area contributed by atoms with Crippen molar-refractivity contribution in [3.05, 3.63) is 64.2 Å². The molecule has 1 aliphatic heterocycles. The number of alkyl halides is 3. The van der Waals surface area contributed by atoms with Crippen molar-refractivity contribution in [2.24, 2.45) is 10.8 Å². The molecule has 1 aliphatic rings. The van der Waals surface area contributed by atoms with Gasteiger partial charge in [0, 0.05) is 12.4 Å². The Morgan fingerprint density at radius 3 is 2.80 bits per heavy atom. The molecular formula is C17H13F3N8O2. The van der Waals surface area contributed by atoms with Gasteiger partial charge in [-0.15, -0.1) is 5.10 Å². The second-order valence-corrected chi connectivity index (χ2v) is 6.57. The van der Waals surface area contributed by atoms with Crippen LogP contribution in [0, 0.1) is 0 Å². The van der Waals surface area contributed by atoms with Crippen LogP contribution in [0.5, 0.6) is 0 Å². The molecule has 0 saturated carbocycles. The lowest BCUT2D eigenvalue weighted by Crippen LogP contribution is -2.31. The summed E-state index contributed by atoms with van der Waals surface area (Å²) in [5.74, 6) is 0.0702. The van der Waals surface area contributed by atoms with Crippen LogP contribution in [0.15, 0.2) is 46.8 Å². The van der Waals surface area contributed by atoms with E-state index in [1.165, 1.54) is 10.5 Å². The summed E-state index contributed by atoms with van der Waals surface area (Å²) in [6, 6.07) is 3.12. The first-order valence-corrected chi connectivity index (χ1v) is 8.67. The minimum Gasteiger partial charge on any atom is -0.436 e. The Bertz CT molecular complexity index is 1350. The summed E-state index contributed by atoms with van der Waals surface area (Å²) in [5, 5.41) is 3.99. The second-order valence-electron chi connectivity index (χ2n) is 6.57. The van der Waals surface area contributed by atoms with Gasteiger partial charge in [-0.2, -0.15) is 13.2 Å². The van der Waals surface area contributed by atoms with Crippen molar-refractivity contribution in [3.63, 3.8) is 0 Å². The second kappa shape index (κ2) is 6.32. The predicted octanol–water partition coefficient (Wildman–Crippen LogP) is 0.963. The van der Waals surface area contributed by atoms with Gasteiger partial charge in [0.2, 0.25) is 12.0 Å². The smallest absolute Gasteiger partial charge is 0.416 e. The lowest BCUT2D eigenvalue weighted by molar-refractivity contribution is -0.137. The summed E-state index contributed by atoms with van der Waals surface area (Å²) in [4.78, 5) is 23.4. The van der Waals surface area contributed by atoms with Crippen molar-refractivity contribution in [1.29, 1.82) is 0 Å². The number of hydrogen-bond acceptors (Lipinski definition) is 7. The maximum Gasteiger partial charge on any atom is 0.416 e. The molecule has 0 spiro atoms. The zero-order chi connectivity index (χ0) is 21.0. The molecule has 10 nitrogen and oxygen atoms in total. The minimum absolute atomic E-state index is 0.0147. The van der Waals surface area contributed by atoms with Gasteiger partial charge >= 0.3 is 6.18 Å². The van der Waals surface area contributed by atoms with Crippen molar-refractivity contribution in [1.82, 2.24) is 29.3 Å². The average Bonchev–Trinajstić information content (AvgIpc) is 3.42. The van der Waals surface area contributed by atoms with Gasteiger partial charge in [0.15, 0.2) is 5.69 Å². The van der Waals surface area contributed by atoms with Crippen molar-refractivity contribution in [2.75, 3.05) is 0 Å². The number of aromatic nitrogens is 5. The largest absolute Gasteiger partial charge is 0.436 e. The van der Waals surface area contributed by atoms with Crippen LogP contribution < -0.4 is 16.7 Å². The van der Waals surface area contributed by atoms with Crippen molar-refractivity contribution < 1.29 is 17.9 Å². The van der Waals surface area contributed by atoms with Gasteiger partial charge in [0.25, 0.3) is 11.5 Å². The van der Waals surface area contributed by atoms with Crippen LogP contribution in [0.2, 0.25) is 0 Å². The Hall–Kier alpha value is -3.87. The number of H-pyrrole nitrogens is 1. The topological polar surface area (TPSA) is 128 Å². The Morgan fingerprint density at radius 2 is 2.13 bits per heavy atom. The Balaban J connectivity index is 1.81. The molecule has 4 N–H and O–H groups in total. The summed E-state index contributed by atoms with van der Waals surface area (Å²) >= 11 is 0. The molecule has 3 aromatic heterocycles. The van der Waals surface area contributed by atoms with Crippen LogP contribution >= 0.6 is 0 Å². The fraction of sp³-hybridized carbons (Fsp3) is 0.176. The van der Waals surface area contributed by atoms with Gasteiger partial charge in [-0.25, -0.2) is 9.97 Å². The molecule has 0 amide bonds.